The molecule has 15 heavy (non-hydrogen) atoms. The largest absolute Gasteiger partial charge is 0.462 e. The van der Waals surface area contributed by atoms with Gasteiger partial charge in [-0.15, -0.1) is 0 Å². The van der Waals surface area contributed by atoms with Gasteiger partial charge in [0.2, 0.25) is 0 Å². The molecule has 0 amide bonds. The number of rotatable bonds is 2. The van der Waals surface area contributed by atoms with Crippen LogP contribution < -0.4 is 5.32 Å². The van der Waals surface area contributed by atoms with Crippen molar-refractivity contribution in [3.05, 3.63) is 0 Å². The van der Waals surface area contributed by atoms with Crippen LogP contribution in [-0.2, 0) is 9.53 Å². The van der Waals surface area contributed by atoms with Crippen molar-refractivity contribution in [3.8, 4) is 0 Å². The number of piperidine rings is 1. The minimum atomic E-state index is -0.225. The van der Waals surface area contributed by atoms with Crippen LogP contribution in [0, 0.1) is 0 Å². The van der Waals surface area contributed by atoms with Gasteiger partial charge in [-0.05, 0) is 27.7 Å². The Bertz CT molecular complexity index is 235. The fourth-order valence-electron chi connectivity index (χ4n) is 2.54. The molecule has 0 aliphatic carbocycles. The third kappa shape index (κ3) is 4.03. The van der Waals surface area contributed by atoms with Gasteiger partial charge in [0, 0.05) is 23.9 Å². The number of hydrogen-bond acceptors (Lipinski definition) is 4. The minimum absolute atomic E-state index is 0.0101. The molecule has 0 aromatic rings. The van der Waals surface area contributed by atoms with Gasteiger partial charge in [0.15, 0.2) is 0 Å². The summed E-state index contributed by atoms with van der Waals surface area (Å²) in [4.78, 5) is 11.2. The van der Waals surface area contributed by atoms with E-state index in [-0.39, 0.29) is 28.9 Å². The Morgan fingerprint density at radius 1 is 1.33 bits per heavy atom. The van der Waals surface area contributed by atoms with Gasteiger partial charge in [-0.2, -0.15) is 12.6 Å². The second-order valence-electron chi connectivity index (χ2n) is 5.57. The Balaban J connectivity index is 2.63. The summed E-state index contributed by atoms with van der Waals surface area (Å²) in [6.07, 6.45) is 1.72. The summed E-state index contributed by atoms with van der Waals surface area (Å²) in [5.74, 6) is -0.0676. The van der Waals surface area contributed by atoms with Crippen LogP contribution in [0.1, 0.15) is 40.5 Å². The second-order valence-corrected chi connectivity index (χ2v) is 5.89. The Kier molecular flexibility index (Phi) is 3.71. The molecule has 1 rings (SSSR count). The molecule has 3 nitrogen and oxygen atoms in total. The normalized spacial score (nSPS) is 24.9. The Hall–Kier alpha value is -0.220. The molecule has 0 bridgehead atoms. The molecule has 1 fully saturated rings. The van der Waals surface area contributed by atoms with Crippen LogP contribution in [0.2, 0.25) is 0 Å². The number of carbonyl (C=O) groups is 1. The summed E-state index contributed by atoms with van der Waals surface area (Å²) in [6.45, 7) is 8.54. The molecular formula is C11H21NO2S. The van der Waals surface area contributed by atoms with Gasteiger partial charge in [-0.1, -0.05) is 0 Å². The van der Waals surface area contributed by atoms with Crippen LogP contribution in [0.5, 0.6) is 0 Å². The van der Waals surface area contributed by atoms with Gasteiger partial charge in [0.05, 0.1) is 5.75 Å². The summed E-state index contributed by atoms with van der Waals surface area (Å²) >= 11 is 3.91. The highest BCUT2D eigenvalue weighted by Crippen LogP contribution is 2.30. The molecule has 4 heteroatoms. The predicted octanol–water partition coefficient (Wildman–Crippen LogP) is 1.77. The zero-order valence-electron chi connectivity index (χ0n) is 9.96. The predicted molar refractivity (Wildman–Crippen MR) is 64.3 cm³/mol. The number of hydrogen-bond donors (Lipinski definition) is 2. The quantitative estimate of drug-likeness (QED) is 0.562. The maximum Gasteiger partial charge on any atom is 0.315 e. The fourth-order valence-corrected chi connectivity index (χ4v) is 2.61. The maximum absolute atomic E-state index is 11.2. The third-order valence-electron chi connectivity index (χ3n) is 2.58. The zero-order chi connectivity index (χ0) is 11.7. The maximum atomic E-state index is 11.2. The molecule has 0 aromatic carbocycles. The average molecular weight is 231 g/mol. The summed E-state index contributed by atoms with van der Waals surface area (Å²) in [7, 11) is 0. The molecular weight excluding hydrogens is 210 g/mol. The smallest absolute Gasteiger partial charge is 0.315 e. The topological polar surface area (TPSA) is 38.3 Å². The lowest BCUT2D eigenvalue weighted by Gasteiger charge is -2.45. The third-order valence-corrected chi connectivity index (χ3v) is 2.84. The van der Waals surface area contributed by atoms with E-state index in [2.05, 4.69) is 45.6 Å². The minimum Gasteiger partial charge on any atom is -0.462 e. The molecule has 0 aromatic heterocycles. The first-order valence-corrected chi connectivity index (χ1v) is 5.97. The van der Waals surface area contributed by atoms with Crippen molar-refractivity contribution in [2.24, 2.45) is 0 Å². The molecule has 0 atom stereocenters. The van der Waals surface area contributed by atoms with Gasteiger partial charge < -0.3 is 10.1 Å². The van der Waals surface area contributed by atoms with Crippen LogP contribution >= 0.6 is 12.6 Å². The van der Waals surface area contributed by atoms with E-state index in [4.69, 9.17) is 4.74 Å². The molecule has 1 saturated heterocycles. The molecule has 0 radical (unpaired) electrons. The lowest BCUT2D eigenvalue weighted by atomic mass is 9.81. The average Bonchev–Trinajstić information content (AvgIpc) is 1.97. The monoisotopic (exact) mass is 231 g/mol. The van der Waals surface area contributed by atoms with Crippen LogP contribution in [0.15, 0.2) is 0 Å². The van der Waals surface area contributed by atoms with Crippen LogP contribution in [0.3, 0.4) is 0 Å². The standard InChI is InChI=1S/C11H21NO2S/c1-10(2)5-8(14-9(13)7-15)6-11(3,4)12-10/h8,12,15H,5-7H2,1-4H3. The first-order chi connectivity index (χ1) is 6.74. The van der Waals surface area contributed by atoms with Crippen molar-refractivity contribution in [2.45, 2.75) is 57.7 Å². The number of thiol groups is 1. The van der Waals surface area contributed by atoms with Gasteiger partial charge >= 0.3 is 5.97 Å². The molecule has 1 N–H and O–H groups in total. The Morgan fingerprint density at radius 2 is 1.80 bits per heavy atom. The van der Waals surface area contributed by atoms with Crippen LogP contribution in [-0.4, -0.2) is 28.9 Å². The molecule has 0 unspecified atom stereocenters. The van der Waals surface area contributed by atoms with Crippen LogP contribution in [0.25, 0.3) is 0 Å². The highest BCUT2D eigenvalue weighted by atomic mass is 32.1. The summed E-state index contributed by atoms with van der Waals surface area (Å²) in [6, 6.07) is 0. The molecule has 0 saturated carbocycles. The molecule has 0 spiro atoms. The van der Waals surface area contributed by atoms with Crippen LogP contribution in [0.4, 0.5) is 0 Å². The second kappa shape index (κ2) is 4.34. The van der Waals surface area contributed by atoms with E-state index in [9.17, 15) is 4.79 Å². The van der Waals surface area contributed by atoms with E-state index in [1.165, 1.54) is 0 Å². The zero-order valence-corrected chi connectivity index (χ0v) is 10.9. The van der Waals surface area contributed by atoms with E-state index >= 15 is 0 Å². The van der Waals surface area contributed by atoms with Gasteiger partial charge in [0.1, 0.15) is 6.10 Å². The summed E-state index contributed by atoms with van der Waals surface area (Å²) < 4.78 is 5.36. The van der Waals surface area contributed by atoms with Gasteiger partial charge in [-0.3, -0.25) is 4.79 Å². The molecule has 1 heterocycles. The van der Waals surface area contributed by atoms with E-state index in [1.807, 2.05) is 0 Å². The SMILES string of the molecule is CC1(C)CC(OC(=O)CS)CC(C)(C)N1. The van der Waals surface area contributed by atoms with E-state index in [0.717, 1.165) is 12.8 Å². The Labute approximate surface area is 97.4 Å². The Morgan fingerprint density at radius 3 is 2.20 bits per heavy atom. The van der Waals surface area contributed by atoms with Crippen molar-refractivity contribution in [1.82, 2.24) is 5.32 Å². The van der Waals surface area contributed by atoms with E-state index in [1.54, 1.807) is 0 Å². The number of esters is 1. The highest BCUT2D eigenvalue weighted by Gasteiger charge is 2.39. The van der Waals surface area contributed by atoms with Crippen molar-refractivity contribution in [2.75, 3.05) is 5.75 Å². The van der Waals surface area contributed by atoms with E-state index in [0.29, 0.717) is 0 Å². The van der Waals surface area contributed by atoms with Crippen molar-refractivity contribution >= 4 is 18.6 Å². The lowest BCUT2D eigenvalue weighted by molar-refractivity contribution is -0.149. The molecule has 1 aliphatic heterocycles. The van der Waals surface area contributed by atoms with Gasteiger partial charge in [-0.25, -0.2) is 0 Å². The highest BCUT2D eigenvalue weighted by molar-refractivity contribution is 7.81. The van der Waals surface area contributed by atoms with Crippen molar-refractivity contribution in [3.63, 3.8) is 0 Å². The van der Waals surface area contributed by atoms with E-state index < -0.39 is 0 Å². The molecule has 1 aliphatic rings. The van der Waals surface area contributed by atoms with Crippen molar-refractivity contribution in [1.29, 1.82) is 0 Å². The first kappa shape index (κ1) is 12.8. The number of carbonyl (C=O) groups excluding carboxylic acids is 1. The molecule has 88 valence electrons. The number of nitrogens with one attached hydrogen (secondary N) is 1. The fraction of sp³-hybridized carbons (Fsp3) is 0.909. The first-order valence-electron chi connectivity index (χ1n) is 5.34. The summed E-state index contributed by atoms with van der Waals surface area (Å²) in [5.41, 5.74) is 0.0343. The lowest BCUT2D eigenvalue weighted by Crippen LogP contribution is -2.59. The van der Waals surface area contributed by atoms with Crippen molar-refractivity contribution < 1.29 is 9.53 Å². The summed E-state index contributed by atoms with van der Waals surface area (Å²) in [5, 5.41) is 3.54. The van der Waals surface area contributed by atoms with Gasteiger partial charge in [0.25, 0.3) is 0 Å². The number of ether oxygens (including phenoxy) is 1.